The summed E-state index contributed by atoms with van der Waals surface area (Å²) in [5.41, 5.74) is 0.378. The first-order chi connectivity index (χ1) is 8.80. The Labute approximate surface area is 109 Å². The van der Waals surface area contributed by atoms with Crippen molar-refractivity contribution in [2.24, 2.45) is 11.3 Å². The number of nitrogens with zero attached hydrogens (tertiary/aromatic N) is 1. The first-order valence-electron chi connectivity index (χ1n) is 7.51. The molecule has 0 aromatic rings. The molecule has 18 heavy (non-hydrogen) atoms. The topological polar surface area (TPSA) is 44.4 Å². The molecule has 102 valence electrons. The van der Waals surface area contributed by atoms with Crippen LogP contribution in [0.15, 0.2) is 0 Å². The molecule has 3 rings (SSSR count). The Hall–Kier alpha value is -0.610. The van der Waals surface area contributed by atoms with Gasteiger partial charge in [-0.15, -0.1) is 0 Å². The van der Waals surface area contributed by atoms with Crippen molar-refractivity contribution in [3.8, 4) is 0 Å². The molecule has 0 bridgehead atoms. The predicted octanol–water partition coefficient (Wildman–Crippen LogP) is 0.588. The second kappa shape index (κ2) is 5.17. The van der Waals surface area contributed by atoms with Gasteiger partial charge in [0.2, 0.25) is 5.91 Å². The van der Waals surface area contributed by atoms with Gasteiger partial charge in [0.05, 0.1) is 0 Å². The fraction of sp³-hybridized carbons (Fsp3) is 0.929. The molecule has 2 N–H and O–H groups in total. The van der Waals surface area contributed by atoms with Crippen LogP contribution in [0.5, 0.6) is 0 Å². The third-order valence-electron chi connectivity index (χ3n) is 5.03. The molecule has 1 spiro atoms. The molecule has 2 aliphatic heterocycles. The Kier molecular flexibility index (Phi) is 3.57. The van der Waals surface area contributed by atoms with E-state index >= 15 is 0 Å². The monoisotopic (exact) mass is 251 g/mol. The highest BCUT2D eigenvalue weighted by atomic mass is 16.2. The summed E-state index contributed by atoms with van der Waals surface area (Å²) in [4.78, 5) is 14.6. The van der Waals surface area contributed by atoms with Gasteiger partial charge in [-0.2, -0.15) is 0 Å². The van der Waals surface area contributed by atoms with Crippen molar-refractivity contribution in [2.75, 3.05) is 39.3 Å². The molecule has 1 aliphatic carbocycles. The number of amides is 1. The number of rotatable bonds is 4. The molecular weight excluding hydrogens is 226 g/mol. The zero-order valence-electron chi connectivity index (χ0n) is 11.2. The van der Waals surface area contributed by atoms with E-state index in [0.717, 1.165) is 32.6 Å². The number of carbonyl (C=O) groups excluding carboxylic acids is 1. The first-order valence-corrected chi connectivity index (χ1v) is 7.51. The lowest BCUT2D eigenvalue weighted by Gasteiger charge is -2.23. The average molecular weight is 251 g/mol. The van der Waals surface area contributed by atoms with E-state index in [0.29, 0.717) is 17.2 Å². The molecule has 1 saturated carbocycles. The number of likely N-dealkylation sites (tertiary alicyclic amines) is 1. The van der Waals surface area contributed by atoms with E-state index in [4.69, 9.17) is 0 Å². The van der Waals surface area contributed by atoms with Gasteiger partial charge in [-0.05, 0) is 63.7 Å². The minimum atomic E-state index is 0.316. The summed E-state index contributed by atoms with van der Waals surface area (Å²) in [6.07, 6.45) is 6.16. The van der Waals surface area contributed by atoms with Crippen LogP contribution in [0.2, 0.25) is 0 Å². The summed E-state index contributed by atoms with van der Waals surface area (Å²) >= 11 is 0. The Bertz CT molecular complexity index is 306. The lowest BCUT2D eigenvalue weighted by Crippen LogP contribution is -2.37. The SMILES string of the molecule is O=C(NCCN1CCCC1)C1CC12CCNCC2. The van der Waals surface area contributed by atoms with Crippen LogP contribution in [0.1, 0.15) is 32.1 Å². The quantitative estimate of drug-likeness (QED) is 0.768. The minimum absolute atomic E-state index is 0.316. The first kappa shape index (κ1) is 12.4. The maximum atomic E-state index is 12.1. The summed E-state index contributed by atoms with van der Waals surface area (Å²) in [7, 11) is 0. The van der Waals surface area contributed by atoms with E-state index in [1.165, 1.54) is 38.8 Å². The van der Waals surface area contributed by atoms with Crippen molar-refractivity contribution >= 4 is 5.91 Å². The largest absolute Gasteiger partial charge is 0.355 e. The summed E-state index contributed by atoms with van der Waals surface area (Å²) < 4.78 is 0. The van der Waals surface area contributed by atoms with Gasteiger partial charge >= 0.3 is 0 Å². The maximum Gasteiger partial charge on any atom is 0.223 e. The number of carbonyl (C=O) groups is 1. The predicted molar refractivity (Wildman–Crippen MR) is 71.3 cm³/mol. The fourth-order valence-corrected chi connectivity index (χ4v) is 3.66. The van der Waals surface area contributed by atoms with E-state index in [1.54, 1.807) is 0 Å². The highest BCUT2D eigenvalue weighted by Gasteiger charge is 2.57. The van der Waals surface area contributed by atoms with Gasteiger partial charge in [-0.25, -0.2) is 0 Å². The highest BCUT2D eigenvalue weighted by Crippen LogP contribution is 2.58. The van der Waals surface area contributed by atoms with Crippen molar-refractivity contribution in [1.82, 2.24) is 15.5 Å². The van der Waals surface area contributed by atoms with Crippen LogP contribution in [-0.4, -0.2) is 50.1 Å². The molecule has 3 fully saturated rings. The molecule has 2 saturated heterocycles. The van der Waals surface area contributed by atoms with Crippen molar-refractivity contribution in [1.29, 1.82) is 0 Å². The Morgan fingerprint density at radius 3 is 2.72 bits per heavy atom. The lowest BCUT2D eigenvalue weighted by molar-refractivity contribution is -0.123. The molecule has 3 aliphatic rings. The molecule has 1 amide bonds. The second-order valence-electron chi connectivity index (χ2n) is 6.21. The fourth-order valence-electron chi connectivity index (χ4n) is 3.66. The van der Waals surface area contributed by atoms with E-state index in [-0.39, 0.29) is 0 Å². The van der Waals surface area contributed by atoms with Gasteiger partial charge in [-0.1, -0.05) is 0 Å². The number of nitrogens with one attached hydrogen (secondary N) is 2. The van der Waals surface area contributed by atoms with Gasteiger partial charge in [0.25, 0.3) is 0 Å². The van der Waals surface area contributed by atoms with Crippen molar-refractivity contribution in [2.45, 2.75) is 32.1 Å². The standard InChI is InChI=1S/C14H25N3O/c18-13(16-7-10-17-8-1-2-9-17)12-11-14(12)3-5-15-6-4-14/h12,15H,1-11H2,(H,16,18). The van der Waals surface area contributed by atoms with Crippen LogP contribution >= 0.6 is 0 Å². The number of piperidine rings is 1. The van der Waals surface area contributed by atoms with Gasteiger partial charge in [0.1, 0.15) is 0 Å². The molecule has 4 heteroatoms. The maximum absolute atomic E-state index is 12.1. The minimum Gasteiger partial charge on any atom is -0.355 e. The number of hydrogen-bond acceptors (Lipinski definition) is 3. The van der Waals surface area contributed by atoms with Crippen molar-refractivity contribution < 1.29 is 4.79 Å². The molecule has 1 atom stereocenters. The van der Waals surface area contributed by atoms with Gasteiger partial charge in [0, 0.05) is 19.0 Å². The molecular formula is C14H25N3O. The highest BCUT2D eigenvalue weighted by molar-refractivity contribution is 5.82. The second-order valence-corrected chi connectivity index (χ2v) is 6.21. The smallest absolute Gasteiger partial charge is 0.223 e. The Balaban J connectivity index is 1.37. The Morgan fingerprint density at radius 1 is 1.28 bits per heavy atom. The van der Waals surface area contributed by atoms with Gasteiger partial charge in [0.15, 0.2) is 0 Å². The van der Waals surface area contributed by atoms with Crippen LogP contribution in [0.3, 0.4) is 0 Å². The van der Waals surface area contributed by atoms with Crippen LogP contribution in [0.4, 0.5) is 0 Å². The number of hydrogen-bond donors (Lipinski definition) is 2. The van der Waals surface area contributed by atoms with Crippen LogP contribution in [0.25, 0.3) is 0 Å². The lowest BCUT2D eigenvalue weighted by atomic mass is 9.92. The normalized spacial score (nSPS) is 30.6. The van der Waals surface area contributed by atoms with E-state index in [1.807, 2.05) is 0 Å². The molecule has 0 aromatic heterocycles. The van der Waals surface area contributed by atoms with E-state index in [2.05, 4.69) is 15.5 Å². The van der Waals surface area contributed by atoms with Gasteiger partial charge in [-0.3, -0.25) is 4.79 Å². The van der Waals surface area contributed by atoms with Crippen LogP contribution < -0.4 is 10.6 Å². The summed E-state index contributed by atoms with van der Waals surface area (Å²) in [6.45, 7) is 6.50. The van der Waals surface area contributed by atoms with Crippen molar-refractivity contribution in [3.63, 3.8) is 0 Å². The molecule has 1 unspecified atom stereocenters. The zero-order valence-corrected chi connectivity index (χ0v) is 11.2. The Morgan fingerprint density at radius 2 is 2.00 bits per heavy atom. The third kappa shape index (κ3) is 2.54. The third-order valence-corrected chi connectivity index (χ3v) is 5.03. The summed E-state index contributed by atoms with van der Waals surface area (Å²) in [5, 5.41) is 6.52. The van der Waals surface area contributed by atoms with Gasteiger partial charge < -0.3 is 15.5 Å². The summed E-state index contributed by atoms with van der Waals surface area (Å²) in [6, 6.07) is 0. The average Bonchev–Trinajstić information content (AvgIpc) is 2.85. The van der Waals surface area contributed by atoms with Crippen LogP contribution in [0, 0.1) is 11.3 Å². The molecule has 2 heterocycles. The molecule has 0 radical (unpaired) electrons. The summed E-state index contributed by atoms with van der Waals surface area (Å²) in [5.74, 6) is 0.634. The van der Waals surface area contributed by atoms with Crippen molar-refractivity contribution in [3.05, 3.63) is 0 Å². The molecule has 0 aromatic carbocycles. The zero-order chi connectivity index (χ0) is 12.4. The molecule has 4 nitrogen and oxygen atoms in total. The van der Waals surface area contributed by atoms with E-state index in [9.17, 15) is 4.79 Å². The van der Waals surface area contributed by atoms with E-state index < -0.39 is 0 Å². The van der Waals surface area contributed by atoms with Crippen LogP contribution in [-0.2, 0) is 4.79 Å².